The average Bonchev–Trinajstić information content (AvgIpc) is 3.08. The lowest BCUT2D eigenvalue weighted by Gasteiger charge is -2.40. The number of halogens is 4. The average molecular weight is 715 g/mol. The van der Waals surface area contributed by atoms with Gasteiger partial charge in [-0.3, -0.25) is 14.6 Å². The number of ether oxygens (including phenoxy) is 1. The van der Waals surface area contributed by atoms with Gasteiger partial charge in [0.2, 0.25) is 0 Å². The van der Waals surface area contributed by atoms with Crippen LogP contribution in [0.15, 0.2) is 71.6 Å². The maximum atomic E-state index is 14.5. The van der Waals surface area contributed by atoms with Crippen LogP contribution in [-0.4, -0.2) is 80.8 Å². The number of fused-ring (bicyclic) bond motifs is 1. The summed E-state index contributed by atoms with van der Waals surface area (Å²) in [5, 5.41) is 3.20. The number of alkyl halides is 3. The van der Waals surface area contributed by atoms with Crippen molar-refractivity contribution in [3.63, 3.8) is 0 Å². The van der Waals surface area contributed by atoms with Crippen LogP contribution in [0.2, 0.25) is 5.02 Å². The topological polar surface area (TPSA) is 91.8 Å². The van der Waals surface area contributed by atoms with Crippen molar-refractivity contribution >= 4 is 38.2 Å². The number of nitrogens with zero attached hydrogens (tertiary/aromatic N) is 3. The van der Waals surface area contributed by atoms with E-state index in [1.807, 2.05) is 37.3 Å². The van der Waals surface area contributed by atoms with Crippen LogP contribution in [0.25, 0.3) is 22.2 Å². The Balaban J connectivity index is 1.52. The number of amides is 1. The van der Waals surface area contributed by atoms with Crippen molar-refractivity contribution in [1.29, 1.82) is 0 Å². The number of carbonyl (C=O) groups is 1. The van der Waals surface area contributed by atoms with Gasteiger partial charge in [0.1, 0.15) is 4.90 Å². The molecule has 0 unspecified atom stereocenters. The molecule has 1 N–H and O–H groups in total. The van der Waals surface area contributed by atoms with Gasteiger partial charge in [0, 0.05) is 48.4 Å². The molecule has 2 fully saturated rings. The van der Waals surface area contributed by atoms with E-state index in [4.69, 9.17) is 21.3 Å². The van der Waals surface area contributed by atoms with Crippen LogP contribution in [0.4, 0.5) is 13.2 Å². The Morgan fingerprint density at radius 2 is 1.71 bits per heavy atom. The molecule has 0 radical (unpaired) electrons. The van der Waals surface area contributed by atoms with Crippen molar-refractivity contribution in [1.82, 2.24) is 20.1 Å². The van der Waals surface area contributed by atoms with E-state index in [1.54, 1.807) is 6.07 Å². The SMILES string of the molecule is C[C@H](NC(=O)c1c(CN2CCC(N3CCOCC3)CC2)c(-c2cccc(C(F)(F)F)c2)nc2c(S(C)(=O)=O)c(Cl)ccc12)c1ccccc1. The quantitative estimate of drug-likeness (QED) is 0.216. The van der Waals surface area contributed by atoms with Gasteiger partial charge in [-0.25, -0.2) is 13.4 Å². The van der Waals surface area contributed by atoms with Crippen LogP contribution >= 0.6 is 11.6 Å². The van der Waals surface area contributed by atoms with Gasteiger partial charge in [-0.1, -0.05) is 60.1 Å². The first-order chi connectivity index (χ1) is 23.3. The van der Waals surface area contributed by atoms with Crippen LogP contribution in [-0.2, 0) is 27.3 Å². The highest BCUT2D eigenvalue weighted by Gasteiger charge is 2.33. The number of nitrogens with one attached hydrogen (secondary N) is 1. The largest absolute Gasteiger partial charge is 0.416 e. The van der Waals surface area contributed by atoms with E-state index in [0.29, 0.717) is 37.9 Å². The molecule has 1 amide bonds. The Bertz CT molecular complexity index is 1950. The lowest BCUT2D eigenvalue weighted by Crippen LogP contribution is -2.48. The molecule has 0 bridgehead atoms. The molecule has 260 valence electrons. The van der Waals surface area contributed by atoms with Crippen molar-refractivity contribution in [3.8, 4) is 11.3 Å². The Morgan fingerprint density at radius 3 is 2.37 bits per heavy atom. The second kappa shape index (κ2) is 14.4. The van der Waals surface area contributed by atoms with E-state index in [0.717, 1.165) is 49.9 Å². The monoisotopic (exact) mass is 714 g/mol. The smallest absolute Gasteiger partial charge is 0.379 e. The number of rotatable bonds is 8. The highest BCUT2D eigenvalue weighted by atomic mass is 35.5. The van der Waals surface area contributed by atoms with Gasteiger partial charge in [-0.05, 0) is 56.6 Å². The zero-order valence-electron chi connectivity index (χ0n) is 27.3. The number of hydrogen-bond donors (Lipinski definition) is 1. The van der Waals surface area contributed by atoms with Gasteiger partial charge in [0.15, 0.2) is 9.84 Å². The summed E-state index contributed by atoms with van der Waals surface area (Å²) in [5.41, 5.74) is 0.655. The van der Waals surface area contributed by atoms with Gasteiger partial charge in [-0.15, -0.1) is 0 Å². The molecule has 2 aliphatic rings. The second-order valence-electron chi connectivity index (χ2n) is 12.7. The minimum Gasteiger partial charge on any atom is -0.379 e. The second-order valence-corrected chi connectivity index (χ2v) is 15.1. The first-order valence-corrected chi connectivity index (χ1v) is 18.5. The molecule has 13 heteroatoms. The van der Waals surface area contributed by atoms with E-state index in [-0.39, 0.29) is 44.2 Å². The third-order valence-electron chi connectivity index (χ3n) is 9.37. The number of hydrogen-bond acceptors (Lipinski definition) is 7. The van der Waals surface area contributed by atoms with Crippen LogP contribution in [0, 0.1) is 0 Å². The predicted molar refractivity (Wildman–Crippen MR) is 183 cm³/mol. The fraction of sp³-hybridized carbons (Fsp3) is 0.389. The number of pyridine rings is 1. The van der Waals surface area contributed by atoms with Crippen LogP contribution in [0.3, 0.4) is 0 Å². The molecule has 2 aliphatic heterocycles. The standard InChI is InChI=1S/C36H38ClF3N4O4S/c1-23(24-7-4-3-5-8-24)41-35(45)31-28-11-12-30(37)34(49(2,46)47)33(28)42-32(25-9-6-10-26(21-25)36(38,39)40)29(31)22-43-15-13-27(14-16-43)44-17-19-48-20-18-44/h3-12,21,23,27H,13-20,22H2,1-2H3,(H,41,45)/t23-/m0/s1. The van der Waals surface area contributed by atoms with Gasteiger partial charge in [0.05, 0.1) is 46.6 Å². The predicted octanol–water partition coefficient (Wildman–Crippen LogP) is 6.77. The summed E-state index contributed by atoms with van der Waals surface area (Å²) in [6, 6.07) is 17.0. The lowest BCUT2D eigenvalue weighted by molar-refractivity contribution is -0.137. The molecule has 49 heavy (non-hydrogen) atoms. The molecule has 2 saturated heterocycles. The molecule has 6 rings (SSSR count). The summed E-state index contributed by atoms with van der Waals surface area (Å²) < 4.78 is 73.7. The number of benzene rings is 3. The number of carbonyl (C=O) groups excluding carboxylic acids is 1. The van der Waals surface area contributed by atoms with Crippen molar-refractivity contribution in [2.45, 2.75) is 49.5 Å². The molecule has 8 nitrogen and oxygen atoms in total. The molecule has 1 aromatic heterocycles. The third-order valence-corrected chi connectivity index (χ3v) is 11.0. The molecule has 0 saturated carbocycles. The minimum absolute atomic E-state index is 0.0744. The molecule has 4 aromatic rings. The Labute approximate surface area is 289 Å². The Kier molecular flexibility index (Phi) is 10.3. The molecule has 1 atom stereocenters. The maximum Gasteiger partial charge on any atom is 0.416 e. The molecule has 3 aromatic carbocycles. The third kappa shape index (κ3) is 7.78. The van der Waals surface area contributed by atoms with Crippen molar-refractivity contribution in [3.05, 3.63) is 94.0 Å². The molecule has 0 aliphatic carbocycles. The summed E-state index contributed by atoms with van der Waals surface area (Å²) in [6.07, 6.45) is -1.90. The van der Waals surface area contributed by atoms with Crippen molar-refractivity contribution in [2.75, 3.05) is 45.6 Å². The molecule has 0 spiro atoms. The van der Waals surface area contributed by atoms with Gasteiger partial charge >= 0.3 is 6.18 Å². The van der Waals surface area contributed by atoms with Crippen LogP contribution in [0.5, 0.6) is 0 Å². The Morgan fingerprint density at radius 1 is 1.02 bits per heavy atom. The van der Waals surface area contributed by atoms with Crippen LogP contribution in [0.1, 0.15) is 52.9 Å². The number of sulfone groups is 1. The van der Waals surface area contributed by atoms with Gasteiger partial charge in [-0.2, -0.15) is 13.2 Å². The first kappa shape index (κ1) is 35.3. The lowest BCUT2D eigenvalue weighted by atomic mass is 9.93. The van der Waals surface area contributed by atoms with E-state index in [9.17, 15) is 26.4 Å². The molecular weight excluding hydrogens is 677 g/mol. The number of likely N-dealkylation sites (tertiary alicyclic amines) is 1. The number of piperidine rings is 1. The molecule has 3 heterocycles. The van der Waals surface area contributed by atoms with Gasteiger partial charge in [0.25, 0.3) is 5.91 Å². The van der Waals surface area contributed by atoms with E-state index < -0.39 is 33.5 Å². The van der Waals surface area contributed by atoms with Crippen molar-refractivity contribution < 1.29 is 31.1 Å². The first-order valence-electron chi connectivity index (χ1n) is 16.2. The maximum absolute atomic E-state index is 14.5. The van der Waals surface area contributed by atoms with E-state index in [2.05, 4.69) is 15.1 Å². The summed E-state index contributed by atoms with van der Waals surface area (Å²) in [6.45, 7) is 6.56. The van der Waals surface area contributed by atoms with E-state index in [1.165, 1.54) is 18.2 Å². The summed E-state index contributed by atoms with van der Waals surface area (Å²) in [4.78, 5) is 23.6. The highest BCUT2D eigenvalue weighted by Crippen LogP contribution is 2.39. The summed E-state index contributed by atoms with van der Waals surface area (Å²) in [5.74, 6) is -0.503. The summed E-state index contributed by atoms with van der Waals surface area (Å²) >= 11 is 6.45. The zero-order valence-corrected chi connectivity index (χ0v) is 28.8. The van der Waals surface area contributed by atoms with Gasteiger partial charge < -0.3 is 10.1 Å². The van der Waals surface area contributed by atoms with Crippen LogP contribution < -0.4 is 5.32 Å². The number of aromatic nitrogens is 1. The van der Waals surface area contributed by atoms with Crippen molar-refractivity contribution in [2.24, 2.45) is 0 Å². The Hall–Kier alpha value is -3.55. The fourth-order valence-electron chi connectivity index (χ4n) is 6.87. The summed E-state index contributed by atoms with van der Waals surface area (Å²) in [7, 11) is -3.99. The normalized spacial score (nSPS) is 17.7. The highest BCUT2D eigenvalue weighted by molar-refractivity contribution is 7.91. The number of morpholine rings is 1. The fourth-order valence-corrected chi connectivity index (χ4v) is 8.37. The zero-order chi connectivity index (χ0) is 34.9. The molecular formula is C36H38ClF3N4O4S. The van der Waals surface area contributed by atoms with E-state index >= 15 is 0 Å². The minimum atomic E-state index is -4.64.